The molecule has 0 radical (unpaired) electrons. The van der Waals surface area contributed by atoms with E-state index in [1.54, 1.807) is 17.8 Å². The van der Waals surface area contributed by atoms with Gasteiger partial charge in [-0.15, -0.1) is 0 Å². The molecule has 0 aliphatic heterocycles. The molecule has 0 saturated heterocycles. The maximum Gasteiger partial charge on any atom is 0.360 e. The lowest BCUT2D eigenvalue weighted by Crippen LogP contribution is -2.07. The van der Waals surface area contributed by atoms with Gasteiger partial charge < -0.3 is 4.74 Å². The molecule has 1 aromatic heterocycles. The molecule has 5 heteroatoms. The number of halogens is 1. The Kier molecular flexibility index (Phi) is 3.81. The van der Waals surface area contributed by atoms with E-state index in [0.717, 1.165) is 11.3 Å². The Balaban J connectivity index is 2.41. The van der Waals surface area contributed by atoms with Gasteiger partial charge >= 0.3 is 5.97 Å². The molecule has 0 aliphatic rings. The number of para-hydroxylation sites is 1. The zero-order valence-corrected chi connectivity index (χ0v) is 11.8. The van der Waals surface area contributed by atoms with Gasteiger partial charge in [0.2, 0.25) is 0 Å². The van der Waals surface area contributed by atoms with Crippen molar-refractivity contribution in [3.05, 3.63) is 46.2 Å². The average molecular weight is 309 g/mol. The molecule has 0 saturated carbocycles. The fourth-order valence-corrected chi connectivity index (χ4v) is 2.07. The van der Waals surface area contributed by atoms with Crippen molar-refractivity contribution in [1.82, 2.24) is 9.78 Å². The second kappa shape index (κ2) is 5.35. The highest BCUT2D eigenvalue weighted by Gasteiger charge is 2.17. The quantitative estimate of drug-likeness (QED) is 0.818. The molecule has 94 valence electrons. The van der Waals surface area contributed by atoms with E-state index in [9.17, 15) is 4.79 Å². The van der Waals surface area contributed by atoms with E-state index in [-0.39, 0.29) is 0 Å². The lowest BCUT2D eigenvalue weighted by molar-refractivity contribution is 0.0518. The van der Waals surface area contributed by atoms with Crippen LogP contribution in [0.25, 0.3) is 5.69 Å². The summed E-state index contributed by atoms with van der Waals surface area (Å²) in [6.07, 6.45) is 1.76. The van der Waals surface area contributed by atoms with Crippen LogP contribution in [0.2, 0.25) is 0 Å². The Hall–Kier alpha value is -1.62. The number of benzene rings is 1. The molecule has 0 fully saturated rings. The van der Waals surface area contributed by atoms with Gasteiger partial charge in [0.15, 0.2) is 5.69 Å². The first-order chi connectivity index (χ1) is 8.63. The third-order valence-electron chi connectivity index (χ3n) is 2.50. The Morgan fingerprint density at radius 2 is 2.17 bits per heavy atom. The van der Waals surface area contributed by atoms with Gasteiger partial charge in [-0.3, -0.25) is 0 Å². The van der Waals surface area contributed by atoms with Crippen LogP contribution in [0.3, 0.4) is 0 Å². The molecule has 0 bridgehead atoms. The first kappa shape index (κ1) is 12.8. The van der Waals surface area contributed by atoms with E-state index >= 15 is 0 Å². The Labute approximate surface area is 114 Å². The van der Waals surface area contributed by atoms with Gasteiger partial charge in [-0.05, 0) is 41.4 Å². The van der Waals surface area contributed by atoms with Crippen LogP contribution in [0.4, 0.5) is 0 Å². The zero-order chi connectivity index (χ0) is 13.1. The van der Waals surface area contributed by atoms with Gasteiger partial charge in [0, 0.05) is 6.20 Å². The normalized spacial score (nSPS) is 10.4. The predicted octanol–water partition coefficient (Wildman–Crippen LogP) is 3.12. The van der Waals surface area contributed by atoms with Crippen LogP contribution >= 0.6 is 15.9 Å². The summed E-state index contributed by atoms with van der Waals surface area (Å²) in [5.74, 6) is -0.420. The molecular weight excluding hydrogens is 296 g/mol. The Bertz CT molecular complexity index is 578. The number of hydrogen-bond donors (Lipinski definition) is 0. The van der Waals surface area contributed by atoms with Crippen molar-refractivity contribution in [2.75, 3.05) is 6.61 Å². The molecule has 18 heavy (non-hydrogen) atoms. The number of rotatable bonds is 3. The maximum atomic E-state index is 11.7. The maximum absolute atomic E-state index is 11.7. The van der Waals surface area contributed by atoms with Crippen molar-refractivity contribution < 1.29 is 9.53 Å². The van der Waals surface area contributed by atoms with Crippen molar-refractivity contribution in [2.24, 2.45) is 0 Å². The lowest BCUT2D eigenvalue weighted by atomic mass is 10.2. The highest BCUT2D eigenvalue weighted by atomic mass is 79.9. The second-order valence-electron chi connectivity index (χ2n) is 3.78. The van der Waals surface area contributed by atoms with Gasteiger partial charge in [0.25, 0.3) is 0 Å². The summed E-state index contributed by atoms with van der Waals surface area (Å²) >= 11 is 3.33. The van der Waals surface area contributed by atoms with E-state index in [4.69, 9.17) is 4.74 Å². The standard InChI is InChI=1S/C13H13BrN2O2/c1-3-18-13(17)12-10(14)8-16(15-12)11-7-5-4-6-9(11)2/h4-8H,3H2,1-2H3. The molecule has 1 heterocycles. The topological polar surface area (TPSA) is 44.1 Å². The fourth-order valence-electron chi connectivity index (χ4n) is 1.63. The molecule has 0 spiro atoms. The first-order valence-corrected chi connectivity index (χ1v) is 6.41. The van der Waals surface area contributed by atoms with Crippen molar-refractivity contribution in [3.8, 4) is 5.69 Å². The van der Waals surface area contributed by atoms with Crippen molar-refractivity contribution in [3.63, 3.8) is 0 Å². The molecule has 2 aromatic rings. The molecule has 0 atom stereocenters. The molecule has 0 N–H and O–H groups in total. The molecule has 0 unspecified atom stereocenters. The third-order valence-corrected chi connectivity index (χ3v) is 3.08. The van der Waals surface area contributed by atoms with E-state index in [1.165, 1.54) is 0 Å². The third kappa shape index (κ3) is 2.46. The molecule has 0 amide bonds. The van der Waals surface area contributed by atoms with Crippen molar-refractivity contribution >= 4 is 21.9 Å². The van der Waals surface area contributed by atoms with Crippen LogP contribution in [-0.2, 0) is 4.74 Å². The summed E-state index contributed by atoms with van der Waals surface area (Å²) in [4.78, 5) is 11.7. The number of aromatic nitrogens is 2. The van der Waals surface area contributed by atoms with Crippen LogP contribution in [0, 0.1) is 6.92 Å². The summed E-state index contributed by atoms with van der Waals surface area (Å²) in [6, 6.07) is 7.84. The van der Waals surface area contributed by atoms with Gasteiger partial charge in [-0.1, -0.05) is 18.2 Å². The number of nitrogens with zero attached hydrogens (tertiary/aromatic N) is 2. The smallest absolute Gasteiger partial charge is 0.360 e. The summed E-state index contributed by atoms with van der Waals surface area (Å²) in [5.41, 5.74) is 2.32. The summed E-state index contributed by atoms with van der Waals surface area (Å²) < 4.78 is 7.24. The summed E-state index contributed by atoms with van der Waals surface area (Å²) in [7, 11) is 0. The van der Waals surface area contributed by atoms with Crippen LogP contribution in [0.5, 0.6) is 0 Å². The summed E-state index contributed by atoms with van der Waals surface area (Å²) in [5, 5.41) is 4.25. The molecule has 4 nitrogen and oxygen atoms in total. The van der Waals surface area contributed by atoms with Crippen molar-refractivity contribution in [1.29, 1.82) is 0 Å². The van der Waals surface area contributed by atoms with E-state index < -0.39 is 5.97 Å². The number of carbonyl (C=O) groups is 1. The number of esters is 1. The molecule has 2 rings (SSSR count). The number of hydrogen-bond acceptors (Lipinski definition) is 3. The van der Waals surface area contributed by atoms with E-state index in [0.29, 0.717) is 16.8 Å². The average Bonchev–Trinajstić information content (AvgIpc) is 2.72. The second-order valence-corrected chi connectivity index (χ2v) is 4.63. The fraction of sp³-hybridized carbons (Fsp3) is 0.231. The molecular formula is C13H13BrN2O2. The van der Waals surface area contributed by atoms with Crippen LogP contribution in [-0.4, -0.2) is 22.4 Å². The van der Waals surface area contributed by atoms with Crippen LogP contribution < -0.4 is 0 Å². The monoisotopic (exact) mass is 308 g/mol. The predicted molar refractivity (Wildman–Crippen MR) is 72.0 cm³/mol. The first-order valence-electron chi connectivity index (χ1n) is 5.61. The SMILES string of the molecule is CCOC(=O)c1nn(-c2ccccc2C)cc1Br. The number of carbonyl (C=O) groups excluding carboxylic acids is 1. The number of aryl methyl sites for hydroxylation is 1. The minimum Gasteiger partial charge on any atom is -0.461 e. The van der Waals surface area contributed by atoms with Crippen LogP contribution in [0.1, 0.15) is 23.0 Å². The van der Waals surface area contributed by atoms with Gasteiger partial charge in [0.05, 0.1) is 16.8 Å². The lowest BCUT2D eigenvalue weighted by Gasteiger charge is -2.04. The molecule has 0 aliphatic carbocycles. The van der Waals surface area contributed by atoms with Crippen LogP contribution in [0.15, 0.2) is 34.9 Å². The largest absolute Gasteiger partial charge is 0.461 e. The highest BCUT2D eigenvalue weighted by molar-refractivity contribution is 9.10. The summed E-state index contributed by atoms with van der Waals surface area (Å²) in [6.45, 7) is 4.10. The van der Waals surface area contributed by atoms with Gasteiger partial charge in [-0.2, -0.15) is 5.10 Å². The number of ether oxygens (including phenoxy) is 1. The van der Waals surface area contributed by atoms with Gasteiger partial charge in [0.1, 0.15) is 0 Å². The Morgan fingerprint density at radius 1 is 1.44 bits per heavy atom. The Morgan fingerprint density at radius 3 is 2.83 bits per heavy atom. The minimum atomic E-state index is -0.420. The zero-order valence-electron chi connectivity index (χ0n) is 10.2. The molecule has 1 aromatic carbocycles. The highest BCUT2D eigenvalue weighted by Crippen LogP contribution is 2.20. The van der Waals surface area contributed by atoms with Gasteiger partial charge in [-0.25, -0.2) is 9.48 Å². The van der Waals surface area contributed by atoms with Crippen molar-refractivity contribution in [2.45, 2.75) is 13.8 Å². The van der Waals surface area contributed by atoms with E-state index in [2.05, 4.69) is 21.0 Å². The van der Waals surface area contributed by atoms with E-state index in [1.807, 2.05) is 31.2 Å². The minimum absolute atomic E-state index is 0.292.